The second-order valence-electron chi connectivity index (χ2n) is 34.6. The molecule has 20 heterocycles. The Bertz CT molecular complexity index is 8850. The number of benzene rings is 4. The molecule has 20 aromatic heterocycles. The first-order valence-corrected chi connectivity index (χ1v) is 46.2. The van der Waals surface area contributed by atoms with Crippen molar-refractivity contribution in [2.24, 2.45) is 11.8 Å². The number of aromatic nitrogens is 28. The lowest BCUT2D eigenvalue weighted by Gasteiger charge is -2.09. The summed E-state index contributed by atoms with van der Waals surface area (Å²) in [6.45, 7) is 11.4. The van der Waals surface area contributed by atoms with Crippen molar-refractivity contribution in [2.45, 2.75) is 67.2 Å². The van der Waals surface area contributed by atoms with E-state index >= 15 is 0 Å². The lowest BCUT2D eigenvalue weighted by molar-refractivity contribution is -0.119. The number of nitrogens with one attached hydrogen (secondary N) is 11. The summed E-state index contributed by atoms with van der Waals surface area (Å²) in [5.41, 5.74) is 30.4. The number of ketones is 1. The summed E-state index contributed by atoms with van der Waals surface area (Å²) in [4.78, 5) is 133. The van der Waals surface area contributed by atoms with E-state index in [2.05, 4.69) is 143 Å². The minimum Gasteiger partial charge on any atom is -0.337 e. The van der Waals surface area contributed by atoms with Gasteiger partial charge < -0.3 is 35.9 Å². The van der Waals surface area contributed by atoms with Gasteiger partial charge in [0.2, 0.25) is 17.7 Å². The molecule has 0 atom stereocenters. The number of pyridine rings is 12. The number of Topliss-reactive ketones (excluding diaryl/α,β-unsaturated/α-hetero) is 1. The number of carbonyl (C=O) groups is 4. The highest BCUT2D eigenvalue weighted by molar-refractivity contribution is 6.04. The van der Waals surface area contributed by atoms with Crippen LogP contribution >= 0.6 is 0 Å². The molecule has 24 rings (SSSR count). The Morgan fingerprint density at radius 3 is 0.909 bits per heavy atom. The molecule has 35 nitrogen and oxygen atoms in total. The molecule has 4 aromatic carbocycles. The van der Waals surface area contributed by atoms with E-state index in [1.54, 1.807) is 118 Å². The SMILES string of the molecule is CC(C)C(=O)Nc1cncc(-c2cnc3n[nH]c(-c4nc5c(-c6ccncc6)cccc5[nH]4)c3c2)c1.CC(C)CC(=O)Nc1cncc(-c2cnc3n[nH]c(-c4nc5c(-c6ccncc6)cccc5[nH]4)c3c2)c1.CCC(=O)Cc1ccc(-c2cnc3n[nH]c(-c4nc5c(-c6ccncc6)cccc5[nH]4)c3c2)cn1.CCC(=O)Nc1cncc(-c2cnc3n[nH]c(-c4nc5c(-c6ccncc6)cccc5[nH]4)c3c2)c1. The molecule has 698 valence electrons. The maximum absolute atomic E-state index is 12.2. The van der Waals surface area contributed by atoms with Gasteiger partial charge in [-0.05, 0) is 149 Å². The topological polar surface area (TPSA) is 488 Å². The molecule has 0 fully saturated rings. The fraction of sp³-hybridized carbons (Fsp3) is 0.111. The number of carbonyl (C=O) groups excluding carboxylic acids is 4. The van der Waals surface area contributed by atoms with Crippen LogP contribution in [-0.2, 0) is 25.6 Å². The Balaban J connectivity index is 0.000000113. The van der Waals surface area contributed by atoms with Crippen molar-refractivity contribution < 1.29 is 19.2 Å². The van der Waals surface area contributed by atoms with Crippen LogP contribution < -0.4 is 16.0 Å². The zero-order valence-corrected chi connectivity index (χ0v) is 77.8. The summed E-state index contributed by atoms with van der Waals surface area (Å²) in [7, 11) is 0. The van der Waals surface area contributed by atoms with Crippen LogP contribution in [0, 0.1) is 11.8 Å². The molecule has 0 bridgehead atoms. The number of para-hydroxylation sites is 4. The van der Waals surface area contributed by atoms with Crippen LogP contribution in [0.4, 0.5) is 17.1 Å². The first-order valence-electron chi connectivity index (χ1n) is 46.2. The van der Waals surface area contributed by atoms with Crippen molar-refractivity contribution in [1.29, 1.82) is 0 Å². The quantitative estimate of drug-likeness (QED) is 0.0300. The molecule has 35 heteroatoms. The standard InChI is InChI=1S/C28H24N8O.C27H22N8O.C27H21N7O.C26H20N8O/c1-16(2)10-24(37)32-20-11-18(13-30-15-20)19-12-22-26(35-36-27(22)31-14-19)28-33-23-5-3-4-21(25(23)34-28)17-6-8-29-9-7-17;1-15(2)27(36)31-19-10-17(12-29-14-19)18-11-21-24(34-35-25(21)30-13-18)26-32-22-5-3-4-20(23(22)33-26)16-6-8-28-9-7-16;1-2-20(35)13-19-7-6-17(14-29-19)18-12-22-25(33-34-26(22)30-15-18)27-31-23-5-3-4-21(24(23)32-27)16-8-10-28-11-9-16;1-2-22(35)30-18-10-16(12-28-14-18)17-11-20-24(33-34-25(20)29-13-17)26-31-21-5-3-4-19(23(21)32-26)15-6-8-27-9-7-15/h3-9,11-16H,10H2,1-2H3,(H,32,37)(H,33,34)(H,31,35,36);3-15H,1-2H3,(H,31,36)(H,32,33)(H,30,34,35);3-12,14-15H,2,13H2,1H3,(H,31,32)(H,30,33,34);3-14H,2H2,1H3,(H,30,35)(H,31,32)(H,29,33,34). The summed E-state index contributed by atoms with van der Waals surface area (Å²) in [6.07, 6.45) is 34.9. The predicted octanol–water partition coefficient (Wildman–Crippen LogP) is 21.0. The Morgan fingerprint density at radius 1 is 0.301 bits per heavy atom. The fourth-order valence-electron chi connectivity index (χ4n) is 16.8. The van der Waals surface area contributed by atoms with Gasteiger partial charge in [0.1, 0.15) is 28.6 Å². The van der Waals surface area contributed by atoms with Gasteiger partial charge in [-0.1, -0.05) is 96.1 Å². The monoisotopic (exact) mass is 1880 g/mol. The lowest BCUT2D eigenvalue weighted by Crippen LogP contribution is -2.17. The predicted molar refractivity (Wildman–Crippen MR) is 551 cm³/mol. The van der Waals surface area contributed by atoms with Crippen LogP contribution in [0.2, 0.25) is 0 Å². The van der Waals surface area contributed by atoms with E-state index in [1.165, 1.54) is 0 Å². The van der Waals surface area contributed by atoms with Crippen LogP contribution in [0.15, 0.2) is 294 Å². The Kier molecular flexibility index (Phi) is 25.0. The molecule has 0 spiro atoms. The van der Waals surface area contributed by atoms with Crippen molar-refractivity contribution in [3.8, 4) is 135 Å². The number of hydrogen-bond acceptors (Lipinski definition) is 24. The minimum absolute atomic E-state index is 0.0318. The summed E-state index contributed by atoms with van der Waals surface area (Å²) < 4.78 is 0. The highest BCUT2D eigenvalue weighted by Crippen LogP contribution is 2.40. The van der Waals surface area contributed by atoms with Gasteiger partial charge in [-0.15, -0.1) is 0 Å². The van der Waals surface area contributed by atoms with E-state index in [0.717, 1.165) is 183 Å². The highest BCUT2D eigenvalue weighted by atomic mass is 16.2. The van der Waals surface area contributed by atoms with E-state index in [-0.39, 0.29) is 35.3 Å². The van der Waals surface area contributed by atoms with Crippen molar-refractivity contribution >= 4 is 129 Å². The third-order valence-electron chi connectivity index (χ3n) is 24.0. The van der Waals surface area contributed by atoms with Crippen LogP contribution in [-0.4, -0.2) is 164 Å². The van der Waals surface area contributed by atoms with Gasteiger partial charge in [0.25, 0.3) is 0 Å². The molecule has 0 saturated carbocycles. The summed E-state index contributed by atoms with van der Waals surface area (Å²) in [5, 5.41) is 41.9. The summed E-state index contributed by atoms with van der Waals surface area (Å²) in [6, 6.07) is 57.6. The zero-order chi connectivity index (χ0) is 97.6. The van der Waals surface area contributed by atoms with Crippen molar-refractivity contribution in [2.75, 3.05) is 16.0 Å². The molecule has 0 aliphatic carbocycles. The summed E-state index contributed by atoms with van der Waals surface area (Å²) in [5.74, 6) is 2.88. The van der Waals surface area contributed by atoms with Crippen molar-refractivity contribution in [1.82, 2.24) is 140 Å². The van der Waals surface area contributed by atoms with Gasteiger partial charge >= 0.3 is 0 Å². The van der Waals surface area contributed by atoms with Gasteiger partial charge in [0, 0.05) is 203 Å². The van der Waals surface area contributed by atoms with E-state index in [9.17, 15) is 19.2 Å². The Labute approximate surface area is 813 Å². The second-order valence-corrected chi connectivity index (χ2v) is 34.6. The largest absolute Gasteiger partial charge is 0.337 e. The smallest absolute Gasteiger partial charge is 0.226 e. The Hall–Kier alpha value is -19.5. The maximum atomic E-state index is 12.2. The average molecular weight is 1880 g/mol. The van der Waals surface area contributed by atoms with E-state index in [0.29, 0.717) is 88.6 Å². The van der Waals surface area contributed by atoms with E-state index in [4.69, 9.17) is 19.9 Å². The molecule has 0 radical (unpaired) electrons. The van der Waals surface area contributed by atoms with E-state index < -0.39 is 0 Å². The van der Waals surface area contributed by atoms with Crippen molar-refractivity contribution in [3.05, 3.63) is 299 Å². The van der Waals surface area contributed by atoms with Crippen molar-refractivity contribution in [3.63, 3.8) is 0 Å². The molecule has 0 saturated heterocycles. The number of rotatable bonds is 22. The third-order valence-corrected chi connectivity index (χ3v) is 24.0. The van der Waals surface area contributed by atoms with Gasteiger partial charge in [0.05, 0.1) is 101 Å². The maximum Gasteiger partial charge on any atom is 0.226 e. The summed E-state index contributed by atoms with van der Waals surface area (Å²) >= 11 is 0. The number of imidazole rings is 4. The molecular formula is C108H87N31O4. The lowest BCUT2D eigenvalue weighted by atomic mass is 10.1. The number of anilines is 3. The fourth-order valence-corrected chi connectivity index (χ4v) is 16.8. The molecule has 0 aliphatic rings. The van der Waals surface area contributed by atoms with Crippen LogP contribution in [0.25, 0.3) is 223 Å². The average Bonchev–Trinajstić information content (AvgIpc) is 1.63. The number of amides is 3. The number of H-pyrrole nitrogens is 8. The van der Waals surface area contributed by atoms with E-state index in [1.807, 2.05) is 211 Å². The Morgan fingerprint density at radius 2 is 0.608 bits per heavy atom. The van der Waals surface area contributed by atoms with Crippen LogP contribution in [0.1, 0.15) is 66.5 Å². The first-order chi connectivity index (χ1) is 70.0. The number of fused-ring (bicyclic) bond motifs is 8. The molecule has 0 unspecified atom stereocenters. The molecule has 3 amide bonds. The molecular weight excluding hydrogens is 1800 g/mol. The minimum atomic E-state index is -0.122. The number of aromatic amines is 8. The molecule has 143 heavy (non-hydrogen) atoms. The normalized spacial score (nSPS) is 11.4. The van der Waals surface area contributed by atoms with Crippen LogP contribution in [0.5, 0.6) is 0 Å². The molecule has 24 aromatic rings. The molecule has 0 aliphatic heterocycles. The van der Waals surface area contributed by atoms with Gasteiger partial charge in [-0.3, -0.25) is 79.4 Å². The van der Waals surface area contributed by atoms with Gasteiger partial charge in [-0.2, -0.15) is 20.4 Å². The van der Waals surface area contributed by atoms with Gasteiger partial charge in [-0.25, -0.2) is 39.9 Å². The first kappa shape index (κ1) is 90.0. The van der Waals surface area contributed by atoms with Gasteiger partial charge in [0.15, 0.2) is 45.9 Å². The third kappa shape index (κ3) is 19.2. The second kappa shape index (κ2) is 39.7. The zero-order valence-electron chi connectivity index (χ0n) is 77.8. The number of nitrogens with zero attached hydrogens (tertiary/aromatic N) is 20. The number of hydrogen-bond donors (Lipinski definition) is 11. The molecule has 11 N–H and O–H groups in total. The highest BCUT2D eigenvalue weighted by Gasteiger charge is 2.24. The van der Waals surface area contributed by atoms with Crippen LogP contribution in [0.3, 0.4) is 0 Å².